The smallest absolute Gasteiger partial charge is 0.243 e. The topological polar surface area (TPSA) is 228 Å². The predicted octanol–water partition coefficient (Wildman–Crippen LogP) is 7.39. The number of aryl methyl sites for hydroxylation is 1. The third-order valence-electron chi connectivity index (χ3n) is 19.6. The highest BCUT2D eigenvalue weighted by molar-refractivity contribution is 7.13. The molecule has 4 aromatic heterocycles. The maximum atomic E-state index is 14.5. The van der Waals surface area contributed by atoms with Crippen LogP contribution >= 0.6 is 11.3 Å². The summed E-state index contributed by atoms with van der Waals surface area (Å²) < 4.78 is 18.4. The molecule has 6 saturated heterocycles. The number of benzene rings is 2. The summed E-state index contributed by atoms with van der Waals surface area (Å²) in [7, 11) is 0. The summed E-state index contributed by atoms with van der Waals surface area (Å²) in [4.78, 5) is 52.6. The second-order valence-corrected chi connectivity index (χ2v) is 26.6. The number of phenols is 1. The number of aromatic hydroxyl groups is 1. The molecule has 450 valence electrons. The molecule has 2 bridgehead atoms. The standard InChI is InChI=1S/C64H81N13O7S/c1-39(2)59(63(81)76-33-50(78)26-54(76)62(80)68-40(3)45-9-11-46(12-10-45)60-41(4)67-38-85-60)56-28-57(71-84-56)73-19-16-42(17-20-73)29-72-21-22-75(64(35-72)36-82-37-64)30-43-23-44(24-43)34-83-58-25-47(15-18-66-58)77-48-13-14-49(77)32-74(31-48)53-27-52(69-70-61(53)65)51-7-5-6-8-55(51)79/h5-12,15,18,25,27-28,38-40,42-44,48-50,54,59,78-79H,13-14,16-17,19-24,26,29-37H2,1-4H3,(H2,65,70)(H,68,80)/t40-,43?,44?,48?,49?,50+,54-,59+/m0/s1. The molecule has 7 aliphatic rings. The number of aliphatic hydroxyl groups is 1. The van der Waals surface area contributed by atoms with E-state index in [1.54, 1.807) is 28.4 Å². The molecule has 85 heavy (non-hydrogen) atoms. The number of β-amino-alcohol motifs (C(OH)–C–C–N with tert-alkyl or cyclic N) is 1. The number of ether oxygens (including phenoxy) is 2. The Labute approximate surface area is 501 Å². The average molecular weight is 1180 g/mol. The number of aliphatic hydroxyl groups excluding tert-OH is 1. The predicted molar refractivity (Wildman–Crippen MR) is 327 cm³/mol. The lowest BCUT2D eigenvalue weighted by Gasteiger charge is -2.57. The lowest BCUT2D eigenvalue weighted by Crippen LogP contribution is -2.72. The van der Waals surface area contributed by atoms with E-state index >= 15 is 0 Å². The van der Waals surface area contributed by atoms with E-state index in [4.69, 9.17) is 19.7 Å². The van der Waals surface area contributed by atoms with Gasteiger partial charge < -0.3 is 54.9 Å². The number of piperidine rings is 1. The number of nitrogens with zero attached hydrogens (tertiary/aromatic N) is 11. The van der Waals surface area contributed by atoms with Gasteiger partial charge in [-0.15, -0.1) is 21.5 Å². The zero-order chi connectivity index (χ0) is 58.5. The highest BCUT2D eigenvalue weighted by atomic mass is 32.1. The number of fused-ring (bicyclic) bond motifs is 2. The van der Waals surface area contributed by atoms with Crippen LogP contribution < -0.4 is 30.5 Å². The monoisotopic (exact) mass is 1180 g/mol. The SMILES string of the molecule is Cc1ncsc1-c1ccc([C@H](C)NC(=O)[C@@H]2C[C@@H](O)CN2C(=O)[C@@H](c2cc(N3CCC(CN4CCN(CC5CC(COc6cc(N7C8CCC7CN(c7cc(-c9ccccc9O)nnc7N)C8)ccn6)C5)C5(COC5)C4)CC3)no2)C(C)C)cc1. The highest BCUT2D eigenvalue weighted by Gasteiger charge is 2.50. The van der Waals surface area contributed by atoms with Gasteiger partial charge in [-0.25, -0.2) is 9.97 Å². The first-order valence-electron chi connectivity index (χ1n) is 30.8. The number of hydrogen-bond acceptors (Lipinski definition) is 19. The van der Waals surface area contributed by atoms with Gasteiger partial charge >= 0.3 is 0 Å². The summed E-state index contributed by atoms with van der Waals surface area (Å²) in [6.07, 6.45) is 7.84. The van der Waals surface area contributed by atoms with Crippen molar-refractivity contribution in [1.29, 1.82) is 0 Å². The number of amides is 2. The number of piperazine rings is 2. The molecule has 6 atom stereocenters. The van der Waals surface area contributed by atoms with Gasteiger partial charge in [0.15, 0.2) is 17.4 Å². The number of para-hydroxylation sites is 1. The summed E-state index contributed by atoms with van der Waals surface area (Å²) in [5.41, 5.74) is 14.6. The van der Waals surface area contributed by atoms with Gasteiger partial charge in [0.25, 0.3) is 0 Å². The third kappa shape index (κ3) is 11.8. The number of anilines is 4. The molecule has 21 heteroatoms. The van der Waals surface area contributed by atoms with E-state index in [0.29, 0.717) is 65.2 Å². The van der Waals surface area contributed by atoms with E-state index in [9.17, 15) is 19.8 Å². The van der Waals surface area contributed by atoms with Crippen molar-refractivity contribution in [2.75, 3.05) is 106 Å². The van der Waals surface area contributed by atoms with Gasteiger partial charge in [-0.2, -0.15) is 0 Å². The van der Waals surface area contributed by atoms with Crippen LogP contribution in [-0.4, -0.2) is 177 Å². The number of phenolic OH excluding ortho intramolecular Hbond substituents is 1. The molecular formula is C64H81N13O7S. The summed E-state index contributed by atoms with van der Waals surface area (Å²) in [5.74, 6) is 2.92. The summed E-state index contributed by atoms with van der Waals surface area (Å²) in [6, 6.07) is 22.9. The van der Waals surface area contributed by atoms with Crippen LogP contribution in [0.25, 0.3) is 21.7 Å². The van der Waals surface area contributed by atoms with E-state index in [1.807, 2.05) is 87.9 Å². The number of carbonyl (C=O) groups is 2. The Morgan fingerprint density at radius 2 is 1.64 bits per heavy atom. The quantitative estimate of drug-likeness (QED) is 0.0658. The number of carbonyl (C=O) groups excluding carboxylic acids is 2. The Morgan fingerprint density at radius 3 is 2.35 bits per heavy atom. The Kier molecular flexibility index (Phi) is 16.2. The van der Waals surface area contributed by atoms with E-state index in [1.165, 1.54) is 0 Å². The van der Waals surface area contributed by atoms with Gasteiger partial charge in [-0.05, 0) is 111 Å². The van der Waals surface area contributed by atoms with Crippen molar-refractivity contribution < 1.29 is 33.8 Å². The molecule has 1 spiro atoms. The van der Waals surface area contributed by atoms with E-state index < -0.39 is 18.1 Å². The molecule has 10 heterocycles. The minimum absolute atomic E-state index is 0.0820. The molecule has 2 amide bonds. The number of hydrogen-bond donors (Lipinski definition) is 4. The van der Waals surface area contributed by atoms with Crippen molar-refractivity contribution in [3.8, 4) is 33.3 Å². The van der Waals surface area contributed by atoms with Crippen molar-refractivity contribution in [2.45, 2.75) is 114 Å². The van der Waals surface area contributed by atoms with Crippen LogP contribution in [0.5, 0.6) is 11.6 Å². The first-order valence-corrected chi connectivity index (χ1v) is 31.7. The second kappa shape index (κ2) is 24.1. The van der Waals surface area contributed by atoms with Crippen LogP contribution in [0.4, 0.5) is 23.0 Å². The number of thiazole rings is 1. The van der Waals surface area contributed by atoms with Gasteiger partial charge in [0, 0.05) is 114 Å². The van der Waals surface area contributed by atoms with E-state index in [-0.39, 0.29) is 48.0 Å². The van der Waals surface area contributed by atoms with Crippen LogP contribution in [0, 0.1) is 30.6 Å². The number of nitrogens with two attached hydrogens (primary N) is 1. The molecule has 13 rings (SSSR count). The molecule has 2 aromatic carbocycles. The molecule has 6 aromatic rings. The normalized spacial score (nSPS) is 25.1. The Hall–Kier alpha value is -6.91. The molecule has 2 unspecified atom stereocenters. The van der Waals surface area contributed by atoms with Gasteiger partial charge in [0.1, 0.15) is 17.7 Å². The van der Waals surface area contributed by atoms with Crippen LogP contribution in [0.15, 0.2) is 89.0 Å². The largest absolute Gasteiger partial charge is 0.507 e. The number of nitrogens with one attached hydrogen (secondary N) is 1. The fourth-order valence-electron chi connectivity index (χ4n) is 14.8. The molecule has 6 aliphatic heterocycles. The van der Waals surface area contributed by atoms with Crippen molar-refractivity contribution >= 4 is 46.2 Å². The Bertz CT molecular complexity index is 3310. The van der Waals surface area contributed by atoms with Crippen molar-refractivity contribution in [3.63, 3.8) is 0 Å². The molecule has 5 N–H and O–H groups in total. The minimum Gasteiger partial charge on any atom is -0.507 e. The van der Waals surface area contributed by atoms with Gasteiger partial charge in [0.05, 0.1) is 65.0 Å². The fourth-order valence-corrected chi connectivity index (χ4v) is 15.7. The van der Waals surface area contributed by atoms with Crippen LogP contribution in [0.3, 0.4) is 0 Å². The maximum absolute atomic E-state index is 14.5. The zero-order valence-electron chi connectivity index (χ0n) is 49.3. The molecule has 0 radical (unpaired) electrons. The lowest BCUT2D eigenvalue weighted by atomic mass is 9.74. The molecular weight excluding hydrogens is 1090 g/mol. The van der Waals surface area contributed by atoms with Gasteiger partial charge in [-0.1, -0.05) is 55.4 Å². The Balaban J connectivity index is 0.548. The van der Waals surface area contributed by atoms with Crippen LogP contribution in [0.1, 0.15) is 94.7 Å². The summed E-state index contributed by atoms with van der Waals surface area (Å²) >= 11 is 1.60. The zero-order valence-corrected chi connectivity index (χ0v) is 50.2. The van der Waals surface area contributed by atoms with Gasteiger partial charge in [0.2, 0.25) is 17.7 Å². The molecule has 1 aliphatic carbocycles. The maximum Gasteiger partial charge on any atom is 0.243 e. The highest BCUT2D eigenvalue weighted by Crippen LogP contribution is 2.43. The summed E-state index contributed by atoms with van der Waals surface area (Å²) in [5, 5.41) is 37.6. The van der Waals surface area contributed by atoms with Crippen LogP contribution in [-0.2, 0) is 14.3 Å². The van der Waals surface area contributed by atoms with Crippen LogP contribution in [0.2, 0.25) is 0 Å². The molecule has 7 fully saturated rings. The Morgan fingerprint density at radius 1 is 0.859 bits per heavy atom. The average Bonchev–Trinajstić information content (AvgIpc) is 2.38. The van der Waals surface area contributed by atoms with Gasteiger partial charge in [-0.3, -0.25) is 19.4 Å². The second-order valence-electron chi connectivity index (χ2n) is 25.7. The lowest BCUT2D eigenvalue weighted by molar-refractivity contribution is -0.177. The third-order valence-corrected chi connectivity index (χ3v) is 20.5. The van der Waals surface area contributed by atoms with Crippen molar-refractivity contribution in [2.24, 2.45) is 23.7 Å². The summed E-state index contributed by atoms with van der Waals surface area (Å²) in [6.45, 7) is 18.9. The first-order chi connectivity index (χ1) is 41.2. The minimum atomic E-state index is -0.804. The van der Waals surface area contributed by atoms with E-state index in [2.05, 4.69) is 67.3 Å². The fraction of sp³-hybridized carbons (Fsp3) is 0.547. The number of pyridine rings is 1. The molecule has 1 saturated carbocycles. The van der Waals surface area contributed by atoms with Crippen molar-refractivity contribution in [1.82, 2.24) is 45.3 Å². The number of aromatic nitrogens is 5. The molecule has 20 nitrogen and oxygen atoms in total. The van der Waals surface area contributed by atoms with E-state index in [0.717, 1.165) is 150 Å². The number of rotatable bonds is 18. The number of nitrogen functional groups attached to an aromatic ring is 1. The first kappa shape index (κ1) is 57.2. The van der Waals surface area contributed by atoms with Crippen molar-refractivity contribution in [3.05, 3.63) is 102 Å². The number of likely N-dealkylation sites (tertiary alicyclic amines) is 1.